The Labute approximate surface area is 142 Å². The molecule has 0 aliphatic carbocycles. The highest BCUT2D eigenvalue weighted by atomic mass is 16.3. The summed E-state index contributed by atoms with van der Waals surface area (Å²) in [6.45, 7) is 7.80. The predicted octanol–water partition coefficient (Wildman–Crippen LogP) is 3.31. The maximum Gasteiger partial charge on any atom is 0.271 e. The molecule has 0 bridgehead atoms. The summed E-state index contributed by atoms with van der Waals surface area (Å²) in [7, 11) is 0. The van der Waals surface area contributed by atoms with Crippen molar-refractivity contribution in [1.82, 2.24) is 5.43 Å². The van der Waals surface area contributed by atoms with Gasteiger partial charge in [0.15, 0.2) is 0 Å². The van der Waals surface area contributed by atoms with E-state index in [0.29, 0.717) is 11.1 Å². The summed E-state index contributed by atoms with van der Waals surface area (Å²) in [5, 5.41) is 14.0. The summed E-state index contributed by atoms with van der Waals surface area (Å²) in [5.74, 6) is -0.151. The molecule has 2 aromatic carbocycles. The third kappa shape index (κ3) is 4.35. The molecule has 5 nitrogen and oxygen atoms in total. The molecule has 0 heterocycles. The highest BCUT2D eigenvalue weighted by Gasteiger charge is 2.06. The van der Waals surface area contributed by atoms with Crippen LogP contribution in [0.4, 0.5) is 5.69 Å². The highest BCUT2D eigenvalue weighted by Crippen LogP contribution is 2.23. The standard InChI is InChI=1S/C19H23N3O2/c1-4-22(5-2)17-10-9-16(18(23)12-17)13-20-21-19(24)15-8-6-7-14(3)11-15/h6-13,23H,4-5H2,1-3H3,(H,21,24)/b20-13+. The fourth-order valence-electron chi connectivity index (χ4n) is 2.44. The first-order valence-electron chi connectivity index (χ1n) is 8.03. The lowest BCUT2D eigenvalue weighted by Crippen LogP contribution is -2.21. The van der Waals surface area contributed by atoms with Crippen LogP contribution in [-0.4, -0.2) is 30.3 Å². The van der Waals surface area contributed by atoms with Crippen molar-refractivity contribution in [2.24, 2.45) is 5.10 Å². The van der Waals surface area contributed by atoms with Gasteiger partial charge in [-0.2, -0.15) is 5.10 Å². The Balaban J connectivity index is 2.05. The van der Waals surface area contributed by atoms with Crippen molar-refractivity contribution in [2.45, 2.75) is 20.8 Å². The number of aromatic hydroxyl groups is 1. The van der Waals surface area contributed by atoms with E-state index in [1.807, 2.05) is 25.1 Å². The molecule has 1 amide bonds. The van der Waals surface area contributed by atoms with Gasteiger partial charge < -0.3 is 10.0 Å². The van der Waals surface area contributed by atoms with Gasteiger partial charge in [0.1, 0.15) is 5.75 Å². The lowest BCUT2D eigenvalue weighted by Gasteiger charge is -2.21. The van der Waals surface area contributed by atoms with E-state index in [1.165, 1.54) is 6.21 Å². The fourth-order valence-corrected chi connectivity index (χ4v) is 2.44. The lowest BCUT2D eigenvalue weighted by atomic mass is 10.1. The van der Waals surface area contributed by atoms with Crippen molar-refractivity contribution in [3.63, 3.8) is 0 Å². The second-order valence-electron chi connectivity index (χ2n) is 5.48. The minimum Gasteiger partial charge on any atom is -0.507 e. The number of hydrogen-bond acceptors (Lipinski definition) is 4. The molecule has 0 radical (unpaired) electrons. The van der Waals surface area contributed by atoms with Crippen LogP contribution in [0.15, 0.2) is 47.6 Å². The topological polar surface area (TPSA) is 64.9 Å². The number of benzene rings is 2. The Morgan fingerprint density at radius 1 is 1.21 bits per heavy atom. The Kier molecular flexibility index (Phi) is 5.95. The van der Waals surface area contributed by atoms with E-state index >= 15 is 0 Å². The molecule has 0 saturated carbocycles. The average molecular weight is 325 g/mol. The summed E-state index contributed by atoms with van der Waals surface area (Å²) in [6, 6.07) is 12.7. The molecular weight excluding hydrogens is 302 g/mol. The summed E-state index contributed by atoms with van der Waals surface area (Å²) in [4.78, 5) is 14.1. The van der Waals surface area contributed by atoms with Gasteiger partial charge in [-0.1, -0.05) is 17.7 Å². The summed E-state index contributed by atoms with van der Waals surface area (Å²) < 4.78 is 0. The molecular formula is C19H23N3O2. The van der Waals surface area contributed by atoms with Gasteiger partial charge in [-0.3, -0.25) is 4.79 Å². The number of carbonyl (C=O) groups excluding carboxylic acids is 1. The quantitative estimate of drug-likeness (QED) is 0.632. The summed E-state index contributed by atoms with van der Waals surface area (Å²) in [5.41, 5.74) is 5.54. The first kappa shape index (κ1) is 17.5. The molecule has 2 rings (SSSR count). The van der Waals surface area contributed by atoms with Crippen molar-refractivity contribution in [3.05, 3.63) is 59.2 Å². The Hall–Kier alpha value is -2.82. The van der Waals surface area contributed by atoms with Crippen molar-refractivity contribution < 1.29 is 9.90 Å². The first-order valence-corrected chi connectivity index (χ1v) is 8.03. The van der Waals surface area contributed by atoms with Gasteiger partial charge in [-0.05, 0) is 45.0 Å². The molecule has 0 aliphatic rings. The van der Waals surface area contributed by atoms with E-state index in [1.54, 1.807) is 24.3 Å². The zero-order chi connectivity index (χ0) is 17.5. The normalized spacial score (nSPS) is 10.8. The van der Waals surface area contributed by atoms with Gasteiger partial charge in [0.05, 0.1) is 6.21 Å². The molecule has 0 saturated heterocycles. The summed E-state index contributed by atoms with van der Waals surface area (Å²) >= 11 is 0. The van der Waals surface area contributed by atoms with Gasteiger partial charge in [-0.25, -0.2) is 5.43 Å². The minimum absolute atomic E-state index is 0.132. The zero-order valence-corrected chi connectivity index (χ0v) is 14.3. The smallest absolute Gasteiger partial charge is 0.271 e. The number of rotatable bonds is 6. The van der Waals surface area contributed by atoms with Crippen LogP contribution in [0.2, 0.25) is 0 Å². The number of nitrogens with one attached hydrogen (secondary N) is 1. The molecule has 2 aromatic rings. The maximum atomic E-state index is 12.0. The van der Waals surface area contributed by atoms with Gasteiger partial charge in [0, 0.05) is 36.0 Å². The number of anilines is 1. The maximum absolute atomic E-state index is 12.0. The molecule has 24 heavy (non-hydrogen) atoms. The van der Waals surface area contributed by atoms with Gasteiger partial charge in [0.2, 0.25) is 0 Å². The van der Waals surface area contributed by atoms with Crippen LogP contribution in [-0.2, 0) is 0 Å². The average Bonchev–Trinajstić information content (AvgIpc) is 2.57. The Morgan fingerprint density at radius 2 is 1.96 bits per heavy atom. The van der Waals surface area contributed by atoms with E-state index in [4.69, 9.17) is 0 Å². The number of aryl methyl sites for hydroxylation is 1. The summed E-state index contributed by atoms with van der Waals surface area (Å²) in [6.07, 6.45) is 1.44. The third-order valence-electron chi connectivity index (χ3n) is 3.79. The number of phenolic OH excluding ortho intramolecular Hbond substituents is 1. The second-order valence-corrected chi connectivity index (χ2v) is 5.48. The highest BCUT2D eigenvalue weighted by molar-refractivity contribution is 5.95. The number of carbonyl (C=O) groups is 1. The first-order chi connectivity index (χ1) is 11.5. The molecule has 0 aromatic heterocycles. The van der Waals surface area contributed by atoms with Gasteiger partial charge >= 0.3 is 0 Å². The number of phenols is 1. The van der Waals surface area contributed by atoms with Crippen LogP contribution in [0.1, 0.15) is 35.3 Å². The molecule has 5 heteroatoms. The van der Waals surface area contributed by atoms with Crippen molar-refractivity contribution in [2.75, 3.05) is 18.0 Å². The Morgan fingerprint density at radius 3 is 2.58 bits per heavy atom. The van der Waals surface area contributed by atoms with E-state index in [2.05, 4.69) is 29.3 Å². The molecule has 0 spiro atoms. The molecule has 0 unspecified atom stereocenters. The van der Waals surface area contributed by atoms with Crippen molar-refractivity contribution in [3.8, 4) is 5.75 Å². The third-order valence-corrected chi connectivity index (χ3v) is 3.79. The van der Waals surface area contributed by atoms with Crippen LogP contribution < -0.4 is 10.3 Å². The van der Waals surface area contributed by atoms with E-state index in [0.717, 1.165) is 24.3 Å². The number of hydrazone groups is 1. The molecule has 0 aliphatic heterocycles. The number of hydrogen-bond donors (Lipinski definition) is 2. The number of amides is 1. The monoisotopic (exact) mass is 325 g/mol. The predicted molar refractivity (Wildman–Crippen MR) is 97.9 cm³/mol. The SMILES string of the molecule is CCN(CC)c1ccc(/C=N/NC(=O)c2cccc(C)c2)c(O)c1. The number of nitrogens with zero attached hydrogens (tertiary/aromatic N) is 2. The zero-order valence-electron chi connectivity index (χ0n) is 14.3. The molecule has 2 N–H and O–H groups in total. The van der Waals surface area contributed by atoms with Crippen LogP contribution >= 0.6 is 0 Å². The molecule has 0 fully saturated rings. The Bertz CT molecular complexity index is 737. The van der Waals surface area contributed by atoms with Crippen LogP contribution in [0.25, 0.3) is 0 Å². The van der Waals surface area contributed by atoms with Gasteiger partial charge in [-0.15, -0.1) is 0 Å². The van der Waals surface area contributed by atoms with Crippen molar-refractivity contribution >= 4 is 17.8 Å². The van der Waals surface area contributed by atoms with Crippen LogP contribution in [0, 0.1) is 6.92 Å². The molecule has 126 valence electrons. The van der Waals surface area contributed by atoms with Crippen LogP contribution in [0.3, 0.4) is 0 Å². The fraction of sp³-hybridized carbons (Fsp3) is 0.263. The molecule has 0 atom stereocenters. The minimum atomic E-state index is -0.283. The lowest BCUT2D eigenvalue weighted by molar-refractivity contribution is 0.0955. The van der Waals surface area contributed by atoms with Crippen molar-refractivity contribution in [1.29, 1.82) is 0 Å². The van der Waals surface area contributed by atoms with Crippen LogP contribution in [0.5, 0.6) is 5.75 Å². The second kappa shape index (κ2) is 8.15. The van der Waals surface area contributed by atoms with E-state index in [9.17, 15) is 9.90 Å². The van der Waals surface area contributed by atoms with E-state index in [-0.39, 0.29) is 11.7 Å². The largest absolute Gasteiger partial charge is 0.507 e. The van der Waals surface area contributed by atoms with Gasteiger partial charge in [0.25, 0.3) is 5.91 Å². The van der Waals surface area contributed by atoms with E-state index < -0.39 is 0 Å².